The van der Waals surface area contributed by atoms with E-state index in [1.807, 2.05) is 19.2 Å². The Morgan fingerprint density at radius 2 is 1.95 bits per heavy atom. The summed E-state index contributed by atoms with van der Waals surface area (Å²) in [5, 5.41) is 0. The first-order chi connectivity index (χ1) is 10.0. The summed E-state index contributed by atoms with van der Waals surface area (Å²) in [4.78, 5) is 14.9. The zero-order valence-corrected chi connectivity index (χ0v) is 14.5. The second kappa shape index (κ2) is 7.87. The van der Waals surface area contributed by atoms with Crippen LogP contribution in [0.5, 0.6) is 0 Å². The topological polar surface area (TPSA) is 20.3 Å². The lowest BCUT2D eigenvalue weighted by molar-refractivity contribution is -0.127. The van der Waals surface area contributed by atoms with Gasteiger partial charge in [-0.15, -0.1) is 23.1 Å². The van der Waals surface area contributed by atoms with E-state index in [4.69, 9.17) is 11.6 Å². The minimum Gasteiger partial charge on any atom is -0.340 e. The van der Waals surface area contributed by atoms with Crippen molar-refractivity contribution in [2.75, 3.05) is 12.8 Å². The number of thiophene rings is 1. The number of aryl methyl sites for hydroxylation is 1. The van der Waals surface area contributed by atoms with E-state index >= 15 is 0 Å². The predicted octanol–water partition coefficient (Wildman–Crippen LogP) is 4.60. The van der Waals surface area contributed by atoms with E-state index in [9.17, 15) is 4.79 Å². The largest absolute Gasteiger partial charge is 0.340 e. The van der Waals surface area contributed by atoms with Gasteiger partial charge < -0.3 is 4.90 Å². The second-order valence-electron chi connectivity index (χ2n) is 4.93. The maximum absolute atomic E-state index is 12.1. The summed E-state index contributed by atoms with van der Waals surface area (Å²) in [7, 11) is 1.84. The van der Waals surface area contributed by atoms with Crippen molar-refractivity contribution in [3.63, 3.8) is 0 Å². The highest BCUT2D eigenvalue weighted by molar-refractivity contribution is 7.99. The average Bonchev–Trinajstić information content (AvgIpc) is 2.86. The fourth-order valence-corrected chi connectivity index (χ4v) is 3.88. The monoisotopic (exact) mass is 339 g/mol. The fourth-order valence-electron chi connectivity index (χ4n) is 1.81. The van der Waals surface area contributed by atoms with Gasteiger partial charge in [0.25, 0.3) is 0 Å². The standard InChI is InChI=1S/C16H18ClNOS2/c1-12-3-5-13(6-4-12)10-20-11-16(19)18(2)9-14-7-8-15(17)21-14/h3-8H,9-11H2,1-2H3. The lowest BCUT2D eigenvalue weighted by Crippen LogP contribution is -2.27. The molecular weight excluding hydrogens is 322 g/mol. The van der Waals surface area contributed by atoms with Crippen LogP contribution in [0.1, 0.15) is 16.0 Å². The molecule has 0 spiro atoms. The van der Waals surface area contributed by atoms with Crippen LogP contribution < -0.4 is 0 Å². The van der Waals surface area contributed by atoms with Crippen molar-refractivity contribution >= 4 is 40.6 Å². The van der Waals surface area contributed by atoms with Crippen molar-refractivity contribution in [1.82, 2.24) is 4.90 Å². The Kier molecular flexibility index (Phi) is 6.15. The molecule has 1 aromatic heterocycles. The van der Waals surface area contributed by atoms with Gasteiger partial charge in [0.05, 0.1) is 16.6 Å². The lowest BCUT2D eigenvalue weighted by Gasteiger charge is -2.15. The highest BCUT2D eigenvalue weighted by atomic mass is 35.5. The van der Waals surface area contributed by atoms with E-state index in [2.05, 4.69) is 31.2 Å². The zero-order valence-electron chi connectivity index (χ0n) is 12.1. The Labute approximate surface area is 139 Å². The van der Waals surface area contributed by atoms with Gasteiger partial charge in [0, 0.05) is 17.7 Å². The van der Waals surface area contributed by atoms with Crippen molar-refractivity contribution in [3.05, 3.63) is 56.7 Å². The van der Waals surface area contributed by atoms with Crippen molar-refractivity contribution in [2.45, 2.75) is 19.2 Å². The molecule has 21 heavy (non-hydrogen) atoms. The van der Waals surface area contributed by atoms with Crippen molar-refractivity contribution in [1.29, 1.82) is 0 Å². The molecule has 112 valence electrons. The van der Waals surface area contributed by atoms with Gasteiger partial charge in [0.15, 0.2) is 0 Å². The summed E-state index contributed by atoms with van der Waals surface area (Å²) in [6.45, 7) is 2.70. The molecular formula is C16H18ClNOS2. The van der Waals surface area contributed by atoms with Crippen molar-refractivity contribution in [2.24, 2.45) is 0 Å². The molecule has 0 saturated heterocycles. The molecule has 2 nitrogen and oxygen atoms in total. The Morgan fingerprint density at radius 3 is 2.57 bits per heavy atom. The van der Waals surface area contributed by atoms with Crippen LogP contribution >= 0.6 is 34.7 Å². The summed E-state index contributed by atoms with van der Waals surface area (Å²) in [6.07, 6.45) is 0. The van der Waals surface area contributed by atoms with Gasteiger partial charge in [-0.2, -0.15) is 0 Å². The van der Waals surface area contributed by atoms with Gasteiger partial charge in [-0.1, -0.05) is 41.4 Å². The SMILES string of the molecule is Cc1ccc(CSCC(=O)N(C)Cc2ccc(Cl)s2)cc1. The van der Waals surface area contributed by atoms with E-state index in [1.54, 1.807) is 16.7 Å². The third kappa shape index (κ3) is 5.38. The Hall–Kier alpha value is -0.970. The average molecular weight is 340 g/mol. The number of thioether (sulfide) groups is 1. The van der Waals surface area contributed by atoms with E-state index in [-0.39, 0.29) is 5.91 Å². The Balaban J connectivity index is 1.74. The molecule has 1 amide bonds. The van der Waals surface area contributed by atoms with E-state index in [1.165, 1.54) is 22.5 Å². The molecule has 0 bridgehead atoms. The maximum atomic E-state index is 12.1. The molecule has 5 heteroatoms. The molecule has 2 rings (SSSR count). The molecule has 1 aromatic carbocycles. The first-order valence-electron chi connectivity index (χ1n) is 6.66. The van der Waals surface area contributed by atoms with E-state index in [0.29, 0.717) is 12.3 Å². The summed E-state index contributed by atoms with van der Waals surface area (Å²) >= 11 is 9.07. The minimum absolute atomic E-state index is 0.150. The van der Waals surface area contributed by atoms with E-state index < -0.39 is 0 Å². The first kappa shape index (κ1) is 16.4. The summed E-state index contributed by atoms with van der Waals surface area (Å²) in [5.74, 6) is 1.52. The molecule has 0 saturated carbocycles. The van der Waals surface area contributed by atoms with E-state index in [0.717, 1.165) is 15.0 Å². The third-order valence-corrected chi connectivity index (χ3v) is 5.27. The molecule has 0 aliphatic heterocycles. The molecule has 1 heterocycles. The number of hydrogen-bond acceptors (Lipinski definition) is 3. The number of carbonyl (C=O) groups excluding carboxylic acids is 1. The quantitative estimate of drug-likeness (QED) is 0.766. The van der Waals surface area contributed by atoms with Gasteiger partial charge in [0.2, 0.25) is 5.91 Å². The number of rotatable bonds is 6. The zero-order chi connectivity index (χ0) is 15.2. The first-order valence-corrected chi connectivity index (χ1v) is 9.01. The van der Waals surface area contributed by atoms with Crippen molar-refractivity contribution < 1.29 is 4.79 Å². The predicted molar refractivity (Wildman–Crippen MR) is 93.1 cm³/mol. The number of benzene rings is 1. The molecule has 0 aliphatic rings. The Morgan fingerprint density at radius 1 is 1.24 bits per heavy atom. The third-order valence-electron chi connectivity index (χ3n) is 3.06. The highest BCUT2D eigenvalue weighted by Gasteiger charge is 2.10. The smallest absolute Gasteiger partial charge is 0.232 e. The Bertz CT molecular complexity index is 595. The van der Waals surface area contributed by atoms with Crippen LogP contribution in [-0.2, 0) is 17.1 Å². The summed E-state index contributed by atoms with van der Waals surface area (Å²) in [5.41, 5.74) is 2.51. The van der Waals surface area contributed by atoms with Gasteiger partial charge >= 0.3 is 0 Å². The van der Waals surface area contributed by atoms with Crippen LogP contribution in [0.25, 0.3) is 0 Å². The van der Waals surface area contributed by atoms with Gasteiger partial charge in [0.1, 0.15) is 0 Å². The summed E-state index contributed by atoms with van der Waals surface area (Å²) in [6, 6.07) is 12.3. The van der Waals surface area contributed by atoms with Crippen LogP contribution in [0, 0.1) is 6.92 Å². The molecule has 2 aromatic rings. The van der Waals surface area contributed by atoms with Crippen LogP contribution in [0.2, 0.25) is 4.34 Å². The maximum Gasteiger partial charge on any atom is 0.232 e. The number of nitrogens with zero attached hydrogens (tertiary/aromatic N) is 1. The number of carbonyl (C=O) groups is 1. The minimum atomic E-state index is 0.150. The number of halogens is 1. The molecule has 0 atom stereocenters. The second-order valence-corrected chi connectivity index (χ2v) is 7.72. The van der Waals surface area contributed by atoms with Crippen LogP contribution in [0.4, 0.5) is 0 Å². The number of amides is 1. The normalized spacial score (nSPS) is 10.6. The summed E-state index contributed by atoms with van der Waals surface area (Å²) < 4.78 is 0.764. The molecule has 0 aliphatic carbocycles. The fraction of sp³-hybridized carbons (Fsp3) is 0.312. The van der Waals surface area contributed by atoms with Gasteiger partial charge in [-0.25, -0.2) is 0 Å². The lowest BCUT2D eigenvalue weighted by atomic mass is 10.2. The molecule has 0 radical (unpaired) electrons. The van der Waals surface area contributed by atoms with Gasteiger partial charge in [-0.05, 0) is 24.6 Å². The molecule has 0 fully saturated rings. The highest BCUT2D eigenvalue weighted by Crippen LogP contribution is 2.22. The molecule has 0 N–H and O–H groups in total. The van der Waals surface area contributed by atoms with Crippen molar-refractivity contribution in [3.8, 4) is 0 Å². The molecule has 0 unspecified atom stereocenters. The van der Waals surface area contributed by atoms with Crippen LogP contribution in [-0.4, -0.2) is 23.6 Å². The number of hydrogen-bond donors (Lipinski definition) is 0. The van der Waals surface area contributed by atoms with Crippen LogP contribution in [0.3, 0.4) is 0 Å². The van der Waals surface area contributed by atoms with Crippen LogP contribution in [0.15, 0.2) is 36.4 Å². The van der Waals surface area contributed by atoms with Gasteiger partial charge in [-0.3, -0.25) is 4.79 Å².